The monoisotopic (exact) mass is 408 g/mol. The van der Waals surface area contributed by atoms with Crippen LogP contribution in [0.4, 0.5) is 14.5 Å². The van der Waals surface area contributed by atoms with Gasteiger partial charge < -0.3 is 5.32 Å². The maximum Gasteiger partial charge on any atom is 0.252 e. The lowest BCUT2D eigenvalue weighted by atomic mass is 10.1. The Balaban J connectivity index is 1.83. The average molecular weight is 408 g/mol. The van der Waals surface area contributed by atoms with Gasteiger partial charge in [0, 0.05) is 17.1 Å². The van der Waals surface area contributed by atoms with E-state index in [9.17, 15) is 18.4 Å². The first-order valence-corrected chi connectivity index (χ1v) is 9.24. The van der Waals surface area contributed by atoms with E-state index in [1.807, 2.05) is 0 Å². The number of hydrogen-bond donors (Lipinski definition) is 1. The van der Waals surface area contributed by atoms with Crippen LogP contribution >= 0.6 is 0 Å². The molecule has 0 saturated heterocycles. The number of halogens is 2. The number of amides is 1. The van der Waals surface area contributed by atoms with Gasteiger partial charge in [-0.2, -0.15) is 5.10 Å². The summed E-state index contributed by atoms with van der Waals surface area (Å²) in [4.78, 5) is 25.4. The topological polar surface area (TPSA) is 68.9 Å². The quantitative estimate of drug-likeness (QED) is 0.560. The molecule has 8 heteroatoms. The number of hydrogen-bond acceptors (Lipinski definition) is 3. The highest BCUT2D eigenvalue weighted by atomic mass is 19.1. The smallest absolute Gasteiger partial charge is 0.252 e. The van der Waals surface area contributed by atoms with Crippen molar-refractivity contribution < 1.29 is 13.6 Å². The first-order chi connectivity index (χ1) is 14.3. The first-order valence-electron chi connectivity index (χ1n) is 9.24. The van der Waals surface area contributed by atoms with Crippen molar-refractivity contribution >= 4 is 22.6 Å². The van der Waals surface area contributed by atoms with Crippen LogP contribution in [0.25, 0.3) is 16.7 Å². The first kappa shape index (κ1) is 19.5. The fourth-order valence-corrected chi connectivity index (χ4v) is 3.52. The summed E-state index contributed by atoms with van der Waals surface area (Å²) in [6, 6.07) is 12.7. The summed E-state index contributed by atoms with van der Waals surface area (Å²) >= 11 is 0. The van der Waals surface area contributed by atoms with Gasteiger partial charge in [-0.05, 0) is 55.8 Å². The van der Waals surface area contributed by atoms with Crippen LogP contribution < -0.4 is 10.9 Å². The van der Waals surface area contributed by atoms with Gasteiger partial charge in [0.2, 0.25) is 5.91 Å². The second-order valence-corrected chi connectivity index (χ2v) is 6.99. The van der Waals surface area contributed by atoms with Gasteiger partial charge in [0.1, 0.15) is 23.8 Å². The molecule has 4 rings (SSSR count). The Morgan fingerprint density at radius 3 is 2.43 bits per heavy atom. The van der Waals surface area contributed by atoms with Crippen molar-refractivity contribution in [2.24, 2.45) is 0 Å². The largest absolute Gasteiger partial charge is 0.324 e. The summed E-state index contributed by atoms with van der Waals surface area (Å²) in [5.41, 5.74) is 2.05. The number of benzene rings is 2. The van der Waals surface area contributed by atoms with Gasteiger partial charge in [0.05, 0.1) is 11.4 Å². The zero-order valence-corrected chi connectivity index (χ0v) is 16.3. The summed E-state index contributed by atoms with van der Waals surface area (Å²) in [5.74, 6) is -1.43. The number of carbonyl (C=O) groups is 1. The predicted octanol–water partition coefficient (Wildman–Crippen LogP) is 3.72. The zero-order chi connectivity index (χ0) is 21.4. The molecule has 0 fully saturated rings. The van der Waals surface area contributed by atoms with E-state index in [1.165, 1.54) is 45.6 Å². The molecule has 1 N–H and O–H groups in total. The summed E-state index contributed by atoms with van der Waals surface area (Å²) in [7, 11) is 0. The van der Waals surface area contributed by atoms with E-state index in [-0.39, 0.29) is 12.2 Å². The van der Waals surface area contributed by atoms with Crippen molar-refractivity contribution in [3.63, 3.8) is 0 Å². The highest BCUT2D eigenvalue weighted by Crippen LogP contribution is 2.24. The van der Waals surface area contributed by atoms with Crippen LogP contribution in [-0.2, 0) is 11.3 Å². The number of nitrogens with one attached hydrogen (secondary N) is 1. The molecule has 0 aliphatic rings. The Morgan fingerprint density at radius 2 is 1.73 bits per heavy atom. The molecule has 0 aliphatic heterocycles. The minimum atomic E-state index is -0.502. The summed E-state index contributed by atoms with van der Waals surface area (Å²) < 4.78 is 29.9. The molecule has 0 aliphatic carbocycles. The molecule has 0 atom stereocenters. The molecule has 2 heterocycles. The summed E-state index contributed by atoms with van der Waals surface area (Å²) in [6.45, 7) is 3.25. The van der Waals surface area contributed by atoms with E-state index in [0.29, 0.717) is 28.0 Å². The molecule has 0 bridgehead atoms. The van der Waals surface area contributed by atoms with Crippen LogP contribution in [0.15, 0.2) is 59.4 Å². The van der Waals surface area contributed by atoms with Gasteiger partial charge in [-0.25, -0.2) is 13.5 Å². The van der Waals surface area contributed by atoms with Crippen molar-refractivity contribution in [3.05, 3.63) is 87.8 Å². The van der Waals surface area contributed by atoms with Gasteiger partial charge >= 0.3 is 0 Å². The SMILES string of the molecule is Cc1cc(=O)n(CC(=O)Nc2cccc(F)c2)c2c1c(C)nn2-c1cccc(F)c1. The second kappa shape index (κ2) is 7.55. The van der Waals surface area contributed by atoms with E-state index in [2.05, 4.69) is 10.4 Å². The number of nitrogens with zero attached hydrogens (tertiary/aromatic N) is 3. The normalized spacial score (nSPS) is 11.1. The maximum absolute atomic E-state index is 13.8. The Hall–Kier alpha value is -3.81. The van der Waals surface area contributed by atoms with Crippen LogP contribution in [0.5, 0.6) is 0 Å². The zero-order valence-electron chi connectivity index (χ0n) is 16.3. The van der Waals surface area contributed by atoms with Gasteiger partial charge in [0.25, 0.3) is 5.56 Å². The van der Waals surface area contributed by atoms with Gasteiger partial charge in [-0.3, -0.25) is 14.2 Å². The van der Waals surface area contributed by atoms with Crippen molar-refractivity contribution in [3.8, 4) is 5.69 Å². The molecular weight excluding hydrogens is 390 g/mol. The number of aromatic nitrogens is 3. The number of rotatable bonds is 4. The minimum absolute atomic E-state index is 0.284. The Labute approximate surface area is 170 Å². The third-order valence-electron chi connectivity index (χ3n) is 4.75. The van der Waals surface area contributed by atoms with Gasteiger partial charge in [0.15, 0.2) is 0 Å². The Kier molecular flexibility index (Phi) is 4.91. The van der Waals surface area contributed by atoms with E-state index < -0.39 is 23.1 Å². The second-order valence-electron chi connectivity index (χ2n) is 6.99. The molecule has 0 spiro atoms. The molecule has 0 saturated carbocycles. The molecule has 4 aromatic rings. The van der Waals surface area contributed by atoms with E-state index in [4.69, 9.17) is 0 Å². The van der Waals surface area contributed by atoms with Crippen molar-refractivity contribution in [1.29, 1.82) is 0 Å². The van der Waals surface area contributed by atoms with E-state index in [0.717, 1.165) is 0 Å². The third-order valence-corrected chi connectivity index (χ3v) is 4.75. The Bertz CT molecular complexity index is 1340. The third kappa shape index (κ3) is 3.59. The Morgan fingerprint density at radius 1 is 1.03 bits per heavy atom. The molecular formula is C22H18F2N4O2. The highest BCUT2D eigenvalue weighted by Gasteiger charge is 2.19. The molecule has 30 heavy (non-hydrogen) atoms. The van der Waals surface area contributed by atoms with Crippen LogP contribution in [0.3, 0.4) is 0 Å². The highest BCUT2D eigenvalue weighted by molar-refractivity contribution is 5.92. The van der Waals surface area contributed by atoms with Crippen molar-refractivity contribution in [1.82, 2.24) is 14.3 Å². The van der Waals surface area contributed by atoms with Crippen molar-refractivity contribution in [2.45, 2.75) is 20.4 Å². The fraction of sp³-hybridized carbons (Fsp3) is 0.136. The summed E-state index contributed by atoms with van der Waals surface area (Å²) in [5, 5.41) is 7.77. The average Bonchev–Trinajstić information content (AvgIpc) is 3.03. The number of pyridine rings is 1. The number of carbonyl (C=O) groups excluding carboxylic acids is 1. The number of fused-ring (bicyclic) bond motifs is 1. The fourth-order valence-electron chi connectivity index (χ4n) is 3.52. The molecule has 6 nitrogen and oxygen atoms in total. The number of aryl methyl sites for hydroxylation is 2. The van der Waals surface area contributed by atoms with Crippen LogP contribution in [-0.4, -0.2) is 20.3 Å². The van der Waals surface area contributed by atoms with Gasteiger partial charge in [-0.1, -0.05) is 12.1 Å². The molecule has 0 unspecified atom stereocenters. The van der Waals surface area contributed by atoms with Crippen LogP contribution in [0, 0.1) is 25.5 Å². The minimum Gasteiger partial charge on any atom is -0.324 e. The number of anilines is 1. The van der Waals surface area contributed by atoms with Crippen molar-refractivity contribution in [2.75, 3.05) is 5.32 Å². The molecule has 0 radical (unpaired) electrons. The molecule has 2 aromatic carbocycles. The molecule has 1 amide bonds. The predicted molar refractivity (Wildman–Crippen MR) is 110 cm³/mol. The van der Waals surface area contributed by atoms with Crippen LogP contribution in [0.1, 0.15) is 11.3 Å². The molecule has 152 valence electrons. The van der Waals surface area contributed by atoms with Gasteiger partial charge in [-0.15, -0.1) is 0 Å². The lowest BCUT2D eigenvalue weighted by Gasteiger charge is -2.12. The maximum atomic E-state index is 13.8. The standard InChI is InChI=1S/C22H18F2N4O2/c1-13-9-20(30)27(12-19(29)25-17-7-3-5-15(23)10-17)22-21(13)14(2)26-28(22)18-8-4-6-16(24)11-18/h3-11H,12H2,1-2H3,(H,25,29). The van der Waals surface area contributed by atoms with E-state index >= 15 is 0 Å². The van der Waals surface area contributed by atoms with E-state index in [1.54, 1.807) is 32.0 Å². The summed E-state index contributed by atoms with van der Waals surface area (Å²) in [6.07, 6.45) is 0. The lowest BCUT2D eigenvalue weighted by molar-refractivity contribution is -0.116. The van der Waals surface area contributed by atoms with Crippen LogP contribution in [0.2, 0.25) is 0 Å². The lowest BCUT2D eigenvalue weighted by Crippen LogP contribution is -2.29. The molecule has 2 aromatic heterocycles.